The summed E-state index contributed by atoms with van der Waals surface area (Å²) in [7, 11) is -1.93. The zero-order valence-electron chi connectivity index (χ0n) is 22.1. The molecule has 8 heteroatoms. The standard InChI is InChI=1S/C30H35FN2O4S/c1-4-37-29-18-21(17-28(36-3)30(29)22-8-10-23(31)11-9-22)19-33-15-14-25-26(12-13-27(25)33)32-38(34,35)24-7-5-6-20(2)16-24/h5-11,16-18,25-27,32H,4,12-15,19H2,1-3H3/t25-,26?,27+/m0/s1. The van der Waals surface area contributed by atoms with Crippen LogP contribution in [0.5, 0.6) is 11.5 Å². The van der Waals surface area contributed by atoms with Gasteiger partial charge in [0.25, 0.3) is 0 Å². The molecule has 0 spiro atoms. The van der Waals surface area contributed by atoms with Gasteiger partial charge in [-0.3, -0.25) is 4.90 Å². The molecule has 1 aliphatic carbocycles. The number of benzene rings is 3. The van der Waals surface area contributed by atoms with Gasteiger partial charge >= 0.3 is 0 Å². The molecule has 38 heavy (non-hydrogen) atoms. The molecule has 0 bridgehead atoms. The van der Waals surface area contributed by atoms with Crippen molar-refractivity contribution < 1.29 is 22.3 Å². The fraction of sp³-hybridized carbons (Fsp3) is 0.400. The van der Waals surface area contributed by atoms with Gasteiger partial charge in [0.2, 0.25) is 10.0 Å². The molecule has 2 fully saturated rings. The number of hydrogen-bond acceptors (Lipinski definition) is 5. The van der Waals surface area contributed by atoms with E-state index in [1.165, 1.54) is 12.1 Å². The Kier molecular flexibility index (Phi) is 7.75. The van der Waals surface area contributed by atoms with Crippen LogP contribution < -0.4 is 14.2 Å². The molecule has 1 saturated carbocycles. The number of sulfonamides is 1. The molecule has 3 aromatic rings. The largest absolute Gasteiger partial charge is 0.496 e. The third kappa shape index (κ3) is 5.44. The maximum atomic E-state index is 13.5. The van der Waals surface area contributed by atoms with Gasteiger partial charge in [0.1, 0.15) is 17.3 Å². The predicted molar refractivity (Wildman–Crippen MR) is 146 cm³/mol. The fourth-order valence-corrected chi connectivity index (χ4v) is 7.49. The molecule has 202 valence electrons. The van der Waals surface area contributed by atoms with E-state index in [9.17, 15) is 12.8 Å². The van der Waals surface area contributed by atoms with Crippen LogP contribution in [0.1, 0.15) is 37.3 Å². The van der Waals surface area contributed by atoms with E-state index in [2.05, 4.69) is 9.62 Å². The molecule has 5 rings (SSSR count). The molecule has 1 unspecified atom stereocenters. The van der Waals surface area contributed by atoms with Crippen molar-refractivity contribution in [2.45, 2.75) is 56.6 Å². The van der Waals surface area contributed by atoms with Crippen molar-refractivity contribution in [3.05, 3.63) is 77.6 Å². The van der Waals surface area contributed by atoms with Gasteiger partial charge in [-0.1, -0.05) is 24.3 Å². The fourth-order valence-electron chi connectivity index (χ4n) is 6.07. The van der Waals surface area contributed by atoms with Crippen LogP contribution in [0.2, 0.25) is 0 Å². The Balaban J connectivity index is 1.34. The van der Waals surface area contributed by atoms with Gasteiger partial charge in [0, 0.05) is 18.6 Å². The molecule has 1 N–H and O–H groups in total. The highest BCUT2D eigenvalue weighted by Crippen LogP contribution is 2.43. The summed E-state index contributed by atoms with van der Waals surface area (Å²) in [6.45, 7) is 5.97. The van der Waals surface area contributed by atoms with E-state index in [1.54, 1.807) is 37.4 Å². The van der Waals surface area contributed by atoms with E-state index < -0.39 is 10.0 Å². The molecule has 0 amide bonds. The van der Waals surface area contributed by atoms with Crippen molar-refractivity contribution in [3.8, 4) is 22.6 Å². The van der Waals surface area contributed by atoms with E-state index >= 15 is 0 Å². The molecule has 0 aromatic heterocycles. The van der Waals surface area contributed by atoms with Crippen molar-refractivity contribution in [2.24, 2.45) is 5.92 Å². The first-order valence-electron chi connectivity index (χ1n) is 13.2. The average Bonchev–Trinajstić information content (AvgIpc) is 3.47. The number of halogens is 1. The van der Waals surface area contributed by atoms with Crippen LogP contribution in [0, 0.1) is 18.7 Å². The SMILES string of the molecule is CCOc1cc(CN2CC[C@H]3C(NS(=O)(=O)c4cccc(C)c4)CC[C@H]32)cc(OC)c1-c1ccc(F)cc1. The van der Waals surface area contributed by atoms with E-state index in [0.717, 1.165) is 54.6 Å². The maximum absolute atomic E-state index is 13.5. The van der Waals surface area contributed by atoms with Crippen molar-refractivity contribution in [3.63, 3.8) is 0 Å². The van der Waals surface area contributed by atoms with Crippen LogP contribution in [-0.4, -0.2) is 45.7 Å². The summed E-state index contributed by atoms with van der Waals surface area (Å²) in [4.78, 5) is 2.78. The van der Waals surface area contributed by atoms with Gasteiger partial charge in [0.15, 0.2) is 0 Å². The molecular formula is C30H35FN2O4S. The van der Waals surface area contributed by atoms with Gasteiger partial charge in [-0.25, -0.2) is 17.5 Å². The Morgan fingerprint density at radius 3 is 2.50 bits per heavy atom. The number of nitrogens with zero attached hydrogens (tertiary/aromatic N) is 1. The molecule has 1 heterocycles. The van der Waals surface area contributed by atoms with Crippen molar-refractivity contribution in [1.82, 2.24) is 9.62 Å². The molecule has 3 atom stereocenters. The lowest BCUT2D eigenvalue weighted by Gasteiger charge is -2.25. The summed E-state index contributed by atoms with van der Waals surface area (Å²) in [5.74, 6) is 1.38. The normalized spacial score (nSPS) is 21.4. The van der Waals surface area contributed by atoms with Gasteiger partial charge in [0.05, 0.1) is 24.2 Å². The number of nitrogens with one attached hydrogen (secondary N) is 1. The van der Waals surface area contributed by atoms with Gasteiger partial charge < -0.3 is 9.47 Å². The monoisotopic (exact) mass is 538 g/mol. The summed E-state index contributed by atoms with van der Waals surface area (Å²) in [6.07, 6.45) is 2.73. The minimum Gasteiger partial charge on any atom is -0.496 e. The zero-order valence-corrected chi connectivity index (χ0v) is 22.9. The summed E-state index contributed by atoms with van der Waals surface area (Å²) in [6, 6.07) is 17.7. The van der Waals surface area contributed by atoms with Gasteiger partial charge in [-0.15, -0.1) is 0 Å². The minimum atomic E-state index is -3.56. The van der Waals surface area contributed by atoms with E-state index in [-0.39, 0.29) is 17.8 Å². The van der Waals surface area contributed by atoms with Crippen LogP contribution in [0.25, 0.3) is 11.1 Å². The summed E-state index contributed by atoms with van der Waals surface area (Å²) >= 11 is 0. The third-order valence-corrected chi connectivity index (χ3v) is 9.26. The Morgan fingerprint density at radius 1 is 1.03 bits per heavy atom. The summed E-state index contributed by atoms with van der Waals surface area (Å²) in [5.41, 5.74) is 3.64. The van der Waals surface area contributed by atoms with Crippen molar-refractivity contribution in [1.29, 1.82) is 0 Å². The smallest absolute Gasteiger partial charge is 0.240 e. The lowest BCUT2D eigenvalue weighted by atomic mass is 9.99. The highest BCUT2D eigenvalue weighted by Gasteiger charge is 2.45. The van der Waals surface area contributed by atoms with Crippen LogP contribution >= 0.6 is 0 Å². The Bertz CT molecular complexity index is 1390. The Hall–Kier alpha value is -2.94. The number of fused-ring (bicyclic) bond motifs is 1. The van der Waals surface area contributed by atoms with E-state index in [4.69, 9.17) is 9.47 Å². The second-order valence-corrected chi connectivity index (χ2v) is 11.9. The second kappa shape index (κ2) is 11.0. The minimum absolute atomic E-state index is 0.0649. The van der Waals surface area contributed by atoms with Gasteiger partial charge in [-0.2, -0.15) is 0 Å². The lowest BCUT2D eigenvalue weighted by molar-refractivity contribution is 0.229. The molecule has 1 saturated heterocycles. The highest BCUT2D eigenvalue weighted by molar-refractivity contribution is 7.89. The third-order valence-electron chi connectivity index (χ3n) is 7.77. The number of methoxy groups -OCH3 is 1. The average molecular weight is 539 g/mol. The summed E-state index contributed by atoms with van der Waals surface area (Å²) in [5, 5.41) is 0. The van der Waals surface area contributed by atoms with Crippen LogP contribution in [0.4, 0.5) is 4.39 Å². The molecular weight excluding hydrogens is 503 g/mol. The molecule has 0 radical (unpaired) electrons. The van der Waals surface area contributed by atoms with Gasteiger partial charge in [-0.05, 0) is 98.7 Å². The molecule has 1 aliphatic heterocycles. The second-order valence-electron chi connectivity index (χ2n) is 10.2. The Morgan fingerprint density at radius 2 is 1.79 bits per heavy atom. The highest BCUT2D eigenvalue weighted by atomic mass is 32.2. The van der Waals surface area contributed by atoms with E-state index in [0.29, 0.717) is 29.0 Å². The number of aryl methyl sites for hydroxylation is 1. The molecule has 6 nitrogen and oxygen atoms in total. The molecule has 3 aromatic carbocycles. The number of likely N-dealkylation sites (tertiary alicyclic amines) is 1. The first-order valence-corrected chi connectivity index (χ1v) is 14.7. The first-order chi connectivity index (χ1) is 18.3. The lowest BCUT2D eigenvalue weighted by Crippen LogP contribution is -2.39. The number of ether oxygens (including phenoxy) is 2. The van der Waals surface area contributed by atoms with Crippen molar-refractivity contribution in [2.75, 3.05) is 20.3 Å². The molecule has 2 aliphatic rings. The number of rotatable bonds is 9. The first kappa shape index (κ1) is 26.7. The van der Waals surface area contributed by atoms with Crippen LogP contribution in [-0.2, 0) is 16.6 Å². The summed E-state index contributed by atoms with van der Waals surface area (Å²) < 4.78 is 54.5. The quantitative estimate of drug-likeness (QED) is 0.388. The van der Waals surface area contributed by atoms with Crippen molar-refractivity contribution >= 4 is 10.0 Å². The number of hydrogen-bond donors (Lipinski definition) is 1. The zero-order chi connectivity index (χ0) is 26.9. The predicted octanol–water partition coefficient (Wildman–Crippen LogP) is 5.54. The Labute approximate surface area is 224 Å². The van der Waals surface area contributed by atoms with Crippen LogP contribution in [0.3, 0.4) is 0 Å². The topological polar surface area (TPSA) is 67.9 Å². The maximum Gasteiger partial charge on any atom is 0.240 e. The van der Waals surface area contributed by atoms with Crippen LogP contribution in [0.15, 0.2) is 65.6 Å². The van der Waals surface area contributed by atoms with E-state index in [1.807, 2.05) is 32.0 Å².